The summed E-state index contributed by atoms with van der Waals surface area (Å²) in [6.07, 6.45) is 6.87. The lowest BCUT2D eigenvalue weighted by atomic mass is 9.71. The molecule has 0 saturated heterocycles. The van der Waals surface area contributed by atoms with E-state index >= 15 is 0 Å². The lowest BCUT2D eigenvalue weighted by Crippen LogP contribution is -2.29. The fourth-order valence-electron chi connectivity index (χ4n) is 4.00. The van der Waals surface area contributed by atoms with Crippen molar-refractivity contribution in [2.24, 2.45) is 5.92 Å². The highest BCUT2D eigenvalue weighted by molar-refractivity contribution is 5.79. The van der Waals surface area contributed by atoms with Crippen LogP contribution in [0.3, 0.4) is 0 Å². The summed E-state index contributed by atoms with van der Waals surface area (Å²) in [7, 11) is 0. The van der Waals surface area contributed by atoms with Gasteiger partial charge in [-0.2, -0.15) is 0 Å². The minimum Gasteiger partial charge on any atom is -0.358 e. The van der Waals surface area contributed by atoms with Crippen LogP contribution in [0.2, 0.25) is 0 Å². The number of hydrogen-bond acceptors (Lipinski definition) is 1. The zero-order chi connectivity index (χ0) is 13.7. The van der Waals surface area contributed by atoms with Gasteiger partial charge in [-0.25, -0.2) is 0 Å². The van der Waals surface area contributed by atoms with Crippen molar-refractivity contribution < 1.29 is 0 Å². The van der Waals surface area contributed by atoms with Crippen molar-refractivity contribution in [3.63, 3.8) is 0 Å². The maximum absolute atomic E-state index is 12.8. The number of allylic oxidation sites excluding steroid dienone is 2. The topological polar surface area (TPSA) is 32.9 Å². The monoisotopic (exact) mass is 265 g/mol. The zero-order valence-corrected chi connectivity index (χ0v) is 11.8. The van der Waals surface area contributed by atoms with Crippen LogP contribution >= 0.6 is 0 Å². The number of fused-ring (bicyclic) bond motifs is 5. The van der Waals surface area contributed by atoms with E-state index in [0.29, 0.717) is 11.8 Å². The number of pyridine rings is 1. The van der Waals surface area contributed by atoms with Crippen LogP contribution in [0.25, 0.3) is 10.9 Å². The Morgan fingerprint density at radius 2 is 2.10 bits per heavy atom. The Hall–Kier alpha value is -1.83. The predicted octanol–water partition coefficient (Wildman–Crippen LogP) is 3.91. The largest absolute Gasteiger partial charge is 0.358 e. The smallest absolute Gasteiger partial charge is 0.193 e. The zero-order valence-electron chi connectivity index (χ0n) is 11.8. The van der Waals surface area contributed by atoms with Crippen LogP contribution in [-0.2, 0) is 6.42 Å². The number of rotatable bonds is 1. The van der Waals surface area contributed by atoms with E-state index in [9.17, 15) is 4.79 Å². The van der Waals surface area contributed by atoms with Crippen LogP contribution in [0.15, 0.2) is 40.7 Å². The summed E-state index contributed by atoms with van der Waals surface area (Å²) in [5.41, 5.74) is 4.97. The lowest BCUT2D eigenvalue weighted by Gasteiger charge is -2.34. The molecular formula is C18H19NO. The summed E-state index contributed by atoms with van der Waals surface area (Å²) in [4.78, 5) is 16.3. The molecule has 0 fully saturated rings. The van der Waals surface area contributed by atoms with Gasteiger partial charge in [0.1, 0.15) is 0 Å². The standard InChI is InChI=1S/C18H19NO/c1-2-11-7-12-9-13(8-11)17-16(10-12)19-15-6-4-3-5-14(15)18(17)20/h3-6,8,12-13H,2,7,9-10H2,1H3,(H,19,20)/t12-,13+/m0/s1. The predicted molar refractivity (Wildman–Crippen MR) is 82.1 cm³/mol. The molecule has 0 amide bonds. The van der Waals surface area contributed by atoms with Gasteiger partial charge in [0.25, 0.3) is 0 Å². The van der Waals surface area contributed by atoms with Crippen molar-refractivity contribution in [1.29, 1.82) is 0 Å². The Balaban J connectivity index is 1.99. The molecule has 0 spiro atoms. The van der Waals surface area contributed by atoms with Gasteiger partial charge in [-0.05, 0) is 43.7 Å². The first-order valence-electron chi connectivity index (χ1n) is 7.59. The Morgan fingerprint density at radius 3 is 2.95 bits per heavy atom. The number of H-pyrrole nitrogens is 1. The summed E-state index contributed by atoms with van der Waals surface area (Å²) >= 11 is 0. The fraction of sp³-hybridized carbons (Fsp3) is 0.389. The number of para-hydroxylation sites is 1. The molecule has 4 rings (SSSR count). The lowest BCUT2D eigenvalue weighted by molar-refractivity contribution is 0.397. The maximum atomic E-state index is 12.8. The molecule has 2 aliphatic carbocycles. The summed E-state index contributed by atoms with van der Waals surface area (Å²) in [6, 6.07) is 7.88. The fourth-order valence-corrected chi connectivity index (χ4v) is 4.00. The Labute approximate surface area is 118 Å². The summed E-state index contributed by atoms with van der Waals surface area (Å²) < 4.78 is 0. The number of aromatic nitrogens is 1. The number of aromatic amines is 1. The van der Waals surface area contributed by atoms with Gasteiger partial charge in [0.05, 0.1) is 0 Å². The number of benzene rings is 1. The third kappa shape index (κ3) is 1.67. The summed E-state index contributed by atoms with van der Waals surface area (Å²) in [5.74, 6) is 1.05. The van der Waals surface area contributed by atoms with E-state index in [2.05, 4.69) is 18.0 Å². The molecule has 2 bridgehead atoms. The van der Waals surface area contributed by atoms with Gasteiger partial charge in [-0.3, -0.25) is 4.79 Å². The van der Waals surface area contributed by atoms with E-state index in [1.807, 2.05) is 24.3 Å². The molecule has 2 aromatic rings. The molecule has 102 valence electrons. The van der Waals surface area contributed by atoms with Crippen molar-refractivity contribution in [3.8, 4) is 0 Å². The number of nitrogens with one attached hydrogen (secondary N) is 1. The van der Waals surface area contributed by atoms with E-state index in [-0.39, 0.29) is 5.43 Å². The van der Waals surface area contributed by atoms with Crippen LogP contribution in [-0.4, -0.2) is 4.98 Å². The van der Waals surface area contributed by atoms with Crippen molar-refractivity contribution >= 4 is 10.9 Å². The molecule has 1 aromatic heterocycles. The maximum Gasteiger partial charge on any atom is 0.193 e. The first kappa shape index (κ1) is 12.0. The van der Waals surface area contributed by atoms with Gasteiger partial charge in [0, 0.05) is 28.1 Å². The van der Waals surface area contributed by atoms with E-state index < -0.39 is 0 Å². The first-order chi connectivity index (χ1) is 9.76. The van der Waals surface area contributed by atoms with Crippen LogP contribution in [0.4, 0.5) is 0 Å². The quantitative estimate of drug-likeness (QED) is 0.779. The van der Waals surface area contributed by atoms with E-state index in [0.717, 1.165) is 35.7 Å². The molecule has 0 unspecified atom stereocenters. The first-order valence-corrected chi connectivity index (χ1v) is 7.59. The van der Waals surface area contributed by atoms with E-state index in [1.54, 1.807) is 0 Å². The van der Waals surface area contributed by atoms with E-state index in [1.165, 1.54) is 17.7 Å². The molecule has 0 aliphatic heterocycles. The van der Waals surface area contributed by atoms with Crippen molar-refractivity contribution in [3.05, 3.63) is 57.4 Å². The molecule has 1 aromatic carbocycles. The third-order valence-electron chi connectivity index (χ3n) is 4.92. The van der Waals surface area contributed by atoms with Crippen LogP contribution in [0.5, 0.6) is 0 Å². The molecule has 0 radical (unpaired) electrons. The molecule has 1 heterocycles. The van der Waals surface area contributed by atoms with Gasteiger partial charge < -0.3 is 4.98 Å². The highest BCUT2D eigenvalue weighted by Crippen LogP contribution is 2.42. The van der Waals surface area contributed by atoms with Crippen LogP contribution < -0.4 is 5.43 Å². The van der Waals surface area contributed by atoms with Gasteiger partial charge in [-0.1, -0.05) is 30.7 Å². The van der Waals surface area contributed by atoms with Gasteiger partial charge >= 0.3 is 0 Å². The number of hydrogen-bond donors (Lipinski definition) is 1. The average Bonchev–Trinajstić information content (AvgIpc) is 2.46. The van der Waals surface area contributed by atoms with Crippen LogP contribution in [0, 0.1) is 5.92 Å². The van der Waals surface area contributed by atoms with Crippen LogP contribution in [0.1, 0.15) is 43.4 Å². The summed E-state index contributed by atoms with van der Waals surface area (Å²) in [5, 5.41) is 0.835. The second-order valence-corrected chi connectivity index (χ2v) is 6.19. The molecule has 2 heteroatoms. The molecule has 2 atom stereocenters. The molecular weight excluding hydrogens is 246 g/mol. The molecule has 0 saturated carbocycles. The third-order valence-corrected chi connectivity index (χ3v) is 4.92. The Bertz CT molecular complexity index is 769. The van der Waals surface area contributed by atoms with Crippen molar-refractivity contribution in [1.82, 2.24) is 4.98 Å². The Morgan fingerprint density at radius 1 is 1.25 bits per heavy atom. The molecule has 1 N–H and O–H groups in total. The van der Waals surface area contributed by atoms with Crippen molar-refractivity contribution in [2.45, 2.75) is 38.5 Å². The van der Waals surface area contributed by atoms with Crippen molar-refractivity contribution in [2.75, 3.05) is 0 Å². The highest BCUT2D eigenvalue weighted by atomic mass is 16.1. The molecule has 2 aliphatic rings. The molecule has 2 nitrogen and oxygen atoms in total. The van der Waals surface area contributed by atoms with Gasteiger partial charge in [0.15, 0.2) is 5.43 Å². The molecule has 20 heavy (non-hydrogen) atoms. The summed E-state index contributed by atoms with van der Waals surface area (Å²) in [6.45, 7) is 2.22. The van der Waals surface area contributed by atoms with E-state index in [4.69, 9.17) is 0 Å². The second kappa shape index (κ2) is 4.34. The average molecular weight is 265 g/mol. The minimum absolute atomic E-state index is 0.242. The highest BCUT2D eigenvalue weighted by Gasteiger charge is 2.32. The van der Waals surface area contributed by atoms with Gasteiger partial charge in [0.2, 0.25) is 0 Å². The van der Waals surface area contributed by atoms with Gasteiger partial charge in [-0.15, -0.1) is 0 Å². The normalized spacial score (nSPS) is 24.4. The Kier molecular flexibility index (Phi) is 2.59. The second-order valence-electron chi connectivity index (χ2n) is 6.19. The SMILES string of the molecule is CCC1=C[C@@H]2C[C@H](C1)Cc1[nH]c3ccccc3c(=O)c12. The minimum atomic E-state index is 0.242.